The summed E-state index contributed by atoms with van der Waals surface area (Å²) in [6, 6.07) is -0.0140. The molecule has 2 amide bonds. The summed E-state index contributed by atoms with van der Waals surface area (Å²) in [4.78, 5) is 30.4. The first-order chi connectivity index (χ1) is 18.3. The van der Waals surface area contributed by atoms with Crippen LogP contribution in [0.5, 0.6) is 0 Å². The lowest BCUT2D eigenvalue weighted by atomic mass is 9.61. The van der Waals surface area contributed by atoms with Crippen LogP contribution in [0.4, 0.5) is 0 Å². The Labute approximate surface area is 244 Å². The predicted molar refractivity (Wildman–Crippen MR) is 167 cm³/mol. The van der Waals surface area contributed by atoms with Crippen LogP contribution >= 0.6 is 0 Å². The third-order valence-electron chi connectivity index (χ3n) is 9.46. The second-order valence-corrected chi connectivity index (χ2v) is 16.1. The van der Waals surface area contributed by atoms with E-state index in [0.717, 1.165) is 43.5 Å². The Morgan fingerprint density at radius 1 is 1.02 bits per heavy atom. The topological polar surface area (TPSA) is 73.5 Å². The van der Waals surface area contributed by atoms with Crippen molar-refractivity contribution in [3.05, 3.63) is 36.6 Å². The third kappa shape index (κ3) is 7.21. The van der Waals surface area contributed by atoms with Crippen LogP contribution in [0.15, 0.2) is 36.6 Å². The first kappa shape index (κ1) is 32.4. The summed E-state index contributed by atoms with van der Waals surface area (Å²) < 4.78 is 0. The molecule has 3 N–H and O–H groups in total. The number of piperidine rings is 1. The van der Waals surface area contributed by atoms with Gasteiger partial charge in [-0.2, -0.15) is 0 Å². The zero-order chi connectivity index (χ0) is 30.3. The fraction of sp³-hybridized carbons (Fsp3) is 0.765. The number of fused-ring (bicyclic) bond motifs is 1. The van der Waals surface area contributed by atoms with Gasteiger partial charge in [-0.05, 0) is 73.3 Å². The monoisotopic (exact) mass is 554 g/mol. The summed E-state index contributed by atoms with van der Waals surface area (Å²) in [6.45, 7) is 32.4. The molecule has 0 saturated carbocycles. The molecule has 2 saturated heterocycles. The minimum Gasteiger partial charge on any atom is -0.380 e. The van der Waals surface area contributed by atoms with E-state index in [1.807, 2.05) is 12.2 Å². The smallest absolute Gasteiger partial charge is 0.240 e. The van der Waals surface area contributed by atoms with E-state index in [-0.39, 0.29) is 52.0 Å². The molecule has 226 valence electrons. The standard InChI is InChI=1S/C34H58N4O2/c1-13-23-24-15-27(35-18-28(24)37-26(23)14-2)30(40)38-21-32(7,8)19-31(5,6)16-25(29(39)36-17-22(3)4)33(9,10)20-34(38,11)12/h13-14,22,24-25,27-28,35,37H,1-2,15-21H2,3-12H3,(H,36,39). The van der Waals surface area contributed by atoms with Gasteiger partial charge in [-0.3, -0.25) is 9.59 Å². The Morgan fingerprint density at radius 3 is 2.25 bits per heavy atom. The lowest BCUT2D eigenvalue weighted by molar-refractivity contribution is -0.146. The van der Waals surface area contributed by atoms with E-state index in [1.54, 1.807) is 0 Å². The van der Waals surface area contributed by atoms with Gasteiger partial charge in [-0.1, -0.05) is 74.6 Å². The molecular formula is C34H58N4O2. The SMILES string of the molecule is C=CC1=C(C=C)C2CC(C(=O)N3CC(C)(C)CC(C)(C)CC(C(=O)NCC(C)C)C(C)(C)CC3(C)C)NCC2N1. The zero-order valence-electron chi connectivity index (χ0n) is 27.2. The Morgan fingerprint density at radius 2 is 1.68 bits per heavy atom. The van der Waals surface area contributed by atoms with E-state index < -0.39 is 5.54 Å². The van der Waals surface area contributed by atoms with E-state index >= 15 is 0 Å². The van der Waals surface area contributed by atoms with Crippen molar-refractivity contribution in [2.24, 2.45) is 34.0 Å². The maximum atomic E-state index is 14.5. The Bertz CT molecular complexity index is 1020. The highest BCUT2D eigenvalue weighted by atomic mass is 16.2. The number of rotatable bonds is 6. The summed E-state index contributed by atoms with van der Waals surface area (Å²) in [5.41, 5.74) is 1.33. The fourth-order valence-electron chi connectivity index (χ4n) is 8.19. The van der Waals surface area contributed by atoms with Gasteiger partial charge in [0.15, 0.2) is 0 Å². The van der Waals surface area contributed by atoms with Crippen LogP contribution < -0.4 is 16.0 Å². The van der Waals surface area contributed by atoms with Crippen LogP contribution in [-0.4, -0.2) is 54.0 Å². The number of amides is 2. The summed E-state index contributed by atoms with van der Waals surface area (Å²) in [5.74, 6) is 0.820. The molecule has 2 fully saturated rings. The maximum Gasteiger partial charge on any atom is 0.240 e. The molecule has 3 aliphatic heterocycles. The molecule has 40 heavy (non-hydrogen) atoms. The van der Waals surface area contributed by atoms with Crippen molar-refractivity contribution in [2.45, 2.75) is 113 Å². The van der Waals surface area contributed by atoms with Crippen LogP contribution in [0, 0.1) is 34.0 Å². The van der Waals surface area contributed by atoms with Crippen molar-refractivity contribution in [1.82, 2.24) is 20.9 Å². The number of hydrogen-bond donors (Lipinski definition) is 3. The van der Waals surface area contributed by atoms with E-state index in [9.17, 15) is 9.59 Å². The molecular weight excluding hydrogens is 496 g/mol. The molecule has 3 heterocycles. The van der Waals surface area contributed by atoms with Crippen LogP contribution in [0.3, 0.4) is 0 Å². The molecule has 4 atom stereocenters. The molecule has 0 aromatic rings. The van der Waals surface area contributed by atoms with Gasteiger partial charge in [0, 0.05) is 48.7 Å². The van der Waals surface area contributed by atoms with E-state index in [2.05, 4.69) is 103 Å². The van der Waals surface area contributed by atoms with Crippen molar-refractivity contribution < 1.29 is 9.59 Å². The summed E-state index contributed by atoms with van der Waals surface area (Å²) >= 11 is 0. The average Bonchev–Trinajstić information content (AvgIpc) is 3.19. The van der Waals surface area contributed by atoms with E-state index in [1.165, 1.54) is 0 Å². The second-order valence-electron chi connectivity index (χ2n) is 16.1. The van der Waals surface area contributed by atoms with Crippen molar-refractivity contribution >= 4 is 11.8 Å². The number of nitrogens with one attached hydrogen (secondary N) is 3. The fourth-order valence-corrected chi connectivity index (χ4v) is 8.19. The van der Waals surface area contributed by atoms with Crippen molar-refractivity contribution in [1.29, 1.82) is 0 Å². The highest BCUT2D eigenvalue weighted by Gasteiger charge is 2.49. The normalized spacial score (nSPS) is 31.1. The average molecular weight is 555 g/mol. The number of carbonyl (C=O) groups is 2. The van der Waals surface area contributed by atoms with Gasteiger partial charge in [0.1, 0.15) is 0 Å². The quantitative estimate of drug-likeness (QED) is 0.387. The first-order valence-electron chi connectivity index (χ1n) is 15.4. The number of nitrogens with zero attached hydrogens (tertiary/aromatic N) is 1. The van der Waals surface area contributed by atoms with Gasteiger partial charge in [-0.15, -0.1) is 0 Å². The van der Waals surface area contributed by atoms with Crippen LogP contribution in [-0.2, 0) is 9.59 Å². The number of allylic oxidation sites excluding steroid dienone is 2. The number of hydrogen-bond acceptors (Lipinski definition) is 4. The molecule has 3 aliphatic rings. The van der Waals surface area contributed by atoms with Gasteiger partial charge < -0.3 is 20.9 Å². The van der Waals surface area contributed by atoms with Crippen molar-refractivity contribution in [2.75, 3.05) is 19.6 Å². The van der Waals surface area contributed by atoms with Crippen LogP contribution in [0.2, 0.25) is 0 Å². The zero-order valence-corrected chi connectivity index (χ0v) is 27.2. The highest BCUT2D eigenvalue weighted by molar-refractivity contribution is 5.83. The van der Waals surface area contributed by atoms with Gasteiger partial charge in [-0.25, -0.2) is 0 Å². The van der Waals surface area contributed by atoms with Gasteiger partial charge in [0.2, 0.25) is 11.8 Å². The van der Waals surface area contributed by atoms with Crippen LogP contribution in [0.1, 0.15) is 94.9 Å². The minimum absolute atomic E-state index is 0.0482. The largest absolute Gasteiger partial charge is 0.380 e. The first-order valence-corrected chi connectivity index (χ1v) is 15.4. The summed E-state index contributed by atoms with van der Waals surface area (Å²) in [7, 11) is 0. The van der Waals surface area contributed by atoms with Crippen molar-refractivity contribution in [3.63, 3.8) is 0 Å². The van der Waals surface area contributed by atoms with Gasteiger partial charge in [0.05, 0.1) is 6.04 Å². The second kappa shape index (κ2) is 11.7. The Kier molecular flexibility index (Phi) is 9.45. The van der Waals surface area contributed by atoms with Crippen LogP contribution in [0.25, 0.3) is 0 Å². The molecule has 4 unspecified atom stereocenters. The Balaban J connectivity index is 1.96. The molecule has 3 rings (SSSR count). The lowest BCUT2D eigenvalue weighted by Crippen LogP contribution is -2.62. The molecule has 0 spiro atoms. The van der Waals surface area contributed by atoms with E-state index in [0.29, 0.717) is 19.0 Å². The molecule has 0 radical (unpaired) electrons. The highest BCUT2D eigenvalue weighted by Crippen LogP contribution is 2.49. The molecule has 6 nitrogen and oxygen atoms in total. The molecule has 0 aliphatic carbocycles. The molecule has 0 bridgehead atoms. The predicted octanol–water partition coefficient (Wildman–Crippen LogP) is 5.82. The number of carbonyl (C=O) groups excluding carboxylic acids is 2. The third-order valence-corrected chi connectivity index (χ3v) is 9.46. The Hall–Kier alpha value is -2.08. The molecule has 6 heteroatoms. The lowest BCUT2D eigenvalue weighted by Gasteiger charge is -2.52. The molecule has 0 aromatic carbocycles. The minimum atomic E-state index is -0.425. The van der Waals surface area contributed by atoms with Gasteiger partial charge in [0.25, 0.3) is 0 Å². The molecule has 0 aromatic heterocycles. The maximum absolute atomic E-state index is 14.5. The van der Waals surface area contributed by atoms with Gasteiger partial charge >= 0.3 is 0 Å². The van der Waals surface area contributed by atoms with Crippen molar-refractivity contribution in [3.8, 4) is 0 Å². The summed E-state index contributed by atoms with van der Waals surface area (Å²) in [5, 5.41) is 10.4. The van der Waals surface area contributed by atoms with E-state index in [4.69, 9.17) is 0 Å². The summed E-state index contributed by atoms with van der Waals surface area (Å²) in [6.07, 6.45) is 7.03.